The van der Waals surface area contributed by atoms with Gasteiger partial charge in [-0.05, 0) is 30.0 Å². The maximum absolute atomic E-state index is 3.77. The van der Waals surface area contributed by atoms with Crippen LogP contribution < -0.4 is 5.32 Å². The molecule has 1 heterocycles. The lowest BCUT2D eigenvalue weighted by atomic mass is 9.90. The van der Waals surface area contributed by atoms with Crippen LogP contribution in [-0.2, 0) is 0 Å². The maximum atomic E-state index is 3.77. The van der Waals surface area contributed by atoms with Gasteiger partial charge in [0.1, 0.15) is 0 Å². The number of hydrogen-bond donors (Lipinski definition) is 1. The van der Waals surface area contributed by atoms with Crippen molar-refractivity contribution in [1.29, 1.82) is 0 Å². The zero-order valence-corrected chi connectivity index (χ0v) is 13.8. The molecule has 106 valence electrons. The van der Waals surface area contributed by atoms with E-state index in [0.717, 1.165) is 26.2 Å². The quantitative estimate of drug-likeness (QED) is 0.907. The van der Waals surface area contributed by atoms with Gasteiger partial charge in [-0.25, -0.2) is 0 Å². The molecule has 0 radical (unpaired) electrons. The summed E-state index contributed by atoms with van der Waals surface area (Å²) >= 11 is 3.77. The Kier molecular flexibility index (Phi) is 5.43. The summed E-state index contributed by atoms with van der Waals surface area (Å²) in [6, 6.07) is 7.31. The number of rotatable bonds is 4. The van der Waals surface area contributed by atoms with E-state index < -0.39 is 0 Å². The van der Waals surface area contributed by atoms with Gasteiger partial charge in [-0.2, -0.15) is 0 Å². The Bertz CT molecular complexity index is 413. The average Bonchev–Trinajstić information content (AvgIpc) is 2.42. The standard InChI is InChI=1S/C16H25BrN2/c1-4-13(3)16(19-9-7-18-8-10-19)14-6-5-12(2)11-15(14)17/h5-6,11,13,16,18H,4,7-10H2,1-3H3/t13?,16-/m0/s1. The number of hydrogen-bond acceptors (Lipinski definition) is 2. The van der Waals surface area contributed by atoms with Crippen LogP contribution in [0.15, 0.2) is 22.7 Å². The lowest BCUT2D eigenvalue weighted by molar-refractivity contribution is 0.128. The van der Waals surface area contributed by atoms with Crippen LogP contribution in [0.2, 0.25) is 0 Å². The molecule has 0 amide bonds. The minimum absolute atomic E-state index is 0.530. The largest absolute Gasteiger partial charge is 0.314 e. The lowest BCUT2D eigenvalue weighted by Crippen LogP contribution is -2.46. The van der Waals surface area contributed by atoms with Gasteiger partial charge in [0.15, 0.2) is 0 Å². The van der Waals surface area contributed by atoms with Crippen molar-refractivity contribution >= 4 is 15.9 Å². The van der Waals surface area contributed by atoms with Gasteiger partial charge in [0, 0.05) is 36.7 Å². The first-order valence-corrected chi connectivity index (χ1v) is 8.13. The van der Waals surface area contributed by atoms with Crippen LogP contribution in [-0.4, -0.2) is 31.1 Å². The number of piperazine rings is 1. The van der Waals surface area contributed by atoms with Crippen LogP contribution in [0.5, 0.6) is 0 Å². The second kappa shape index (κ2) is 6.87. The van der Waals surface area contributed by atoms with Crippen molar-refractivity contribution in [1.82, 2.24) is 10.2 Å². The smallest absolute Gasteiger partial charge is 0.0385 e. The predicted octanol–water partition coefficient (Wildman–Crippen LogP) is 3.75. The molecule has 19 heavy (non-hydrogen) atoms. The zero-order chi connectivity index (χ0) is 13.8. The molecule has 1 saturated heterocycles. The second-order valence-electron chi connectivity index (χ2n) is 5.64. The van der Waals surface area contributed by atoms with Gasteiger partial charge in [0.2, 0.25) is 0 Å². The van der Waals surface area contributed by atoms with Crippen LogP contribution in [0.25, 0.3) is 0 Å². The maximum Gasteiger partial charge on any atom is 0.0385 e. The average molecular weight is 325 g/mol. The Morgan fingerprint density at radius 2 is 2.00 bits per heavy atom. The van der Waals surface area contributed by atoms with Gasteiger partial charge in [-0.1, -0.05) is 48.3 Å². The first-order valence-electron chi connectivity index (χ1n) is 7.34. The van der Waals surface area contributed by atoms with Crippen LogP contribution in [0, 0.1) is 12.8 Å². The highest BCUT2D eigenvalue weighted by Crippen LogP contribution is 2.35. The van der Waals surface area contributed by atoms with Crippen molar-refractivity contribution in [3.63, 3.8) is 0 Å². The SMILES string of the molecule is CCC(C)[C@@H](c1ccc(C)cc1Br)N1CCNCC1. The Labute approximate surface area is 125 Å². The van der Waals surface area contributed by atoms with Gasteiger partial charge in [0.25, 0.3) is 0 Å². The van der Waals surface area contributed by atoms with Crippen molar-refractivity contribution in [3.8, 4) is 0 Å². The van der Waals surface area contributed by atoms with E-state index >= 15 is 0 Å². The molecule has 0 bridgehead atoms. The van der Waals surface area contributed by atoms with E-state index in [-0.39, 0.29) is 0 Å². The minimum Gasteiger partial charge on any atom is -0.314 e. The summed E-state index contributed by atoms with van der Waals surface area (Å²) in [7, 11) is 0. The summed E-state index contributed by atoms with van der Waals surface area (Å²) in [6.07, 6.45) is 1.22. The minimum atomic E-state index is 0.530. The zero-order valence-electron chi connectivity index (χ0n) is 12.2. The van der Waals surface area contributed by atoms with E-state index in [9.17, 15) is 0 Å². The number of benzene rings is 1. The third kappa shape index (κ3) is 3.59. The van der Waals surface area contributed by atoms with Gasteiger partial charge in [-0.3, -0.25) is 4.90 Å². The summed E-state index contributed by atoms with van der Waals surface area (Å²) < 4.78 is 1.26. The molecule has 3 heteroatoms. The van der Waals surface area contributed by atoms with Gasteiger partial charge >= 0.3 is 0 Å². The Morgan fingerprint density at radius 3 is 2.58 bits per heavy atom. The number of nitrogens with one attached hydrogen (secondary N) is 1. The fourth-order valence-corrected chi connectivity index (χ4v) is 3.65. The molecular formula is C16H25BrN2. The Balaban J connectivity index is 2.30. The van der Waals surface area contributed by atoms with Gasteiger partial charge < -0.3 is 5.32 Å². The highest BCUT2D eigenvalue weighted by molar-refractivity contribution is 9.10. The molecule has 1 unspecified atom stereocenters. The van der Waals surface area contributed by atoms with Crippen LogP contribution in [0.3, 0.4) is 0 Å². The van der Waals surface area contributed by atoms with Crippen LogP contribution in [0.4, 0.5) is 0 Å². The third-order valence-electron chi connectivity index (χ3n) is 4.20. The number of aryl methyl sites for hydroxylation is 1. The summed E-state index contributed by atoms with van der Waals surface area (Å²) in [5.41, 5.74) is 2.76. The molecule has 1 aliphatic heterocycles. The summed E-state index contributed by atoms with van der Waals surface area (Å²) in [6.45, 7) is 11.3. The highest BCUT2D eigenvalue weighted by atomic mass is 79.9. The normalized spacial score (nSPS) is 20.2. The molecule has 2 rings (SSSR count). The number of halogens is 1. The molecule has 2 atom stereocenters. The molecule has 0 aliphatic carbocycles. The van der Waals surface area contributed by atoms with E-state index in [1.54, 1.807) is 0 Å². The van der Waals surface area contributed by atoms with Crippen molar-refractivity contribution < 1.29 is 0 Å². The van der Waals surface area contributed by atoms with E-state index in [0.29, 0.717) is 12.0 Å². The van der Waals surface area contributed by atoms with E-state index in [4.69, 9.17) is 0 Å². The summed E-state index contributed by atoms with van der Waals surface area (Å²) in [5.74, 6) is 0.678. The third-order valence-corrected chi connectivity index (χ3v) is 4.89. The van der Waals surface area contributed by atoms with Crippen LogP contribution >= 0.6 is 15.9 Å². The monoisotopic (exact) mass is 324 g/mol. The molecule has 1 aliphatic rings. The molecule has 1 N–H and O–H groups in total. The molecule has 0 aromatic heterocycles. The van der Waals surface area contributed by atoms with Crippen molar-refractivity contribution in [2.75, 3.05) is 26.2 Å². The molecule has 1 aromatic carbocycles. The van der Waals surface area contributed by atoms with Gasteiger partial charge in [-0.15, -0.1) is 0 Å². The molecule has 0 saturated carbocycles. The lowest BCUT2D eigenvalue weighted by Gasteiger charge is -2.39. The van der Waals surface area contributed by atoms with E-state index in [2.05, 4.69) is 65.1 Å². The van der Waals surface area contributed by atoms with Crippen LogP contribution in [0.1, 0.15) is 37.4 Å². The fraction of sp³-hybridized carbons (Fsp3) is 0.625. The Hall–Kier alpha value is -0.380. The van der Waals surface area contributed by atoms with Crippen molar-refractivity contribution in [3.05, 3.63) is 33.8 Å². The highest BCUT2D eigenvalue weighted by Gasteiger charge is 2.27. The molecule has 0 spiro atoms. The number of nitrogens with zero attached hydrogens (tertiary/aromatic N) is 1. The second-order valence-corrected chi connectivity index (χ2v) is 6.50. The van der Waals surface area contributed by atoms with Crippen molar-refractivity contribution in [2.45, 2.75) is 33.2 Å². The summed E-state index contributed by atoms with van der Waals surface area (Å²) in [5, 5.41) is 3.45. The summed E-state index contributed by atoms with van der Waals surface area (Å²) in [4.78, 5) is 2.64. The topological polar surface area (TPSA) is 15.3 Å². The predicted molar refractivity (Wildman–Crippen MR) is 85.5 cm³/mol. The first kappa shape index (κ1) is 15.0. The molecular weight excluding hydrogens is 300 g/mol. The van der Waals surface area contributed by atoms with Gasteiger partial charge in [0.05, 0.1) is 0 Å². The van der Waals surface area contributed by atoms with Crippen molar-refractivity contribution in [2.24, 2.45) is 5.92 Å². The van der Waals surface area contributed by atoms with E-state index in [1.807, 2.05) is 0 Å². The fourth-order valence-electron chi connectivity index (χ4n) is 2.92. The molecule has 2 nitrogen and oxygen atoms in total. The Morgan fingerprint density at radius 1 is 1.32 bits per heavy atom. The first-order chi connectivity index (χ1) is 9.13. The molecule has 1 fully saturated rings. The molecule has 1 aromatic rings. The van der Waals surface area contributed by atoms with E-state index in [1.165, 1.54) is 22.0 Å².